The van der Waals surface area contributed by atoms with Crippen LogP contribution >= 0.6 is 0 Å². The first-order valence-corrected chi connectivity index (χ1v) is 4.07. The number of benzene rings is 1. The number of nitrogens with zero attached hydrogens (tertiary/aromatic N) is 2. The van der Waals surface area contributed by atoms with E-state index in [1.807, 2.05) is 31.2 Å². The van der Waals surface area contributed by atoms with E-state index in [-0.39, 0.29) is 0 Å². The molecule has 13 heavy (non-hydrogen) atoms. The van der Waals surface area contributed by atoms with Crippen LogP contribution in [-0.2, 0) is 0 Å². The van der Waals surface area contributed by atoms with Gasteiger partial charge in [0.1, 0.15) is 6.07 Å². The fourth-order valence-corrected chi connectivity index (χ4v) is 1.40. The van der Waals surface area contributed by atoms with Crippen molar-refractivity contribution in [2.75, 3.05) is 0 Å². The molecular weight excluding hydrogens is 160 g/mol. The molecule has 2 nitrogen and oxygen atoms in total. The van der Waals surface area contributed by atoms with Crippen LogP contribution in [0.5, 0.6) is 0 Å². The first-order chi connectivity index (χ1) is 6.33. The summed E-state index contributed by atoms with van der Waals surface area (Å²) < 4.78 is 0. The van der Waals surface area contributed by atoms with Crippen molar-refractivity contribution < 1.29 is 0 Å². The fourth-order valence-electron chi connectivity index (χ4n) is 1.40. The molecule has 0 saturated heterocycles. The third-order valence-electron chi connectivity index (χ3n) is 2.10. The van der Waals surface area contributed by atoms with E-state index in [0.717, 1.165) is 16.5 Å². The van der Waals surface area contributed by atoms with Crippen LogP contribution in [0.3, 0.4) is 0 Å². The highest BCUT2D eigenvalue weighted by molar-refractivity contribution is 5.87. The van der Waals surface area contributed by atoms with Gasteiger partial charge in [-0.15, -0.1) is 0 Å². The molecule has 1 heterocycles. The number of hydrogen-bond donors (Lipinski definition) is 0. The number of aromatic nitrogens is 1. The number of fused-ring (bicyclic) bond motifs is 1. The van der Waals surface area contributed by atoms with E-state index in [4.69, 9.17) is 5.26 Å². The van der Waals surface area contributed by atoms with Crippen molar-refractivity contribution in [1.29, 1.82) is 5.26 Å². The topological polar surface area (TPSA) is 36.7 Å². The minimum atomic E-state index is 0.679. The molecule has 0 aliphatic rings. The minimum absolute atomic E-state index is 0.679. The van der Waals surface area contributed by atoms with Crippen molar-refractivity contribution in [2.45, 2.75) is 6.92 Å². The Kier molecular flexibility index (Phi) is 1.71. The Morgan fingerprint density at radius 2 is 2.08 bits per heavy atom. The lowest BCUT2D eigenvalue weighted by Crippen LogP contribution is -1.88. The molecular formula is C11H8N2. The monoisotopic (exact) mass is 168 g/mol. The molecule has 2 aromatic rings. The van der Waals surface area contributed by atoms with Crippen molar-refractivity contribution in [3.05, 3.63) is 41.7 Å². The summed E-state index contributed by atoms with van der Waals surface area (Å²) >= 11 is 0. The quantitative estimate of drug-likeness (QED) is 0.605. The summed E-state index contributed by atoms with van der Waals surface area (Å²) in [4.78, 5) is 4.16. The molecule has 1 aromatic heterocycles. The molecule has 1 aromatic carbocycles. The minimum Gasteiger partial charge on any atom is -0.260 e. The van der Waals surface area contributed by atoms with Gasteiger partial charge >= 0.3 is 0 Å². The molecule has 0 radical (unpaired) electrons. The summed E-state index contributed by atoms with van der Waals surface area (Å²) in [6.07, 6.45) is 1.80. The number of rotatable bonds is 0. The van der Waals surface area contributed by atoms with Crippen molar-refractivity contribution >= 4 is 10.8 Å². The Hall–Kier alpha value is -1.88. The zero-order chi connectivity index (χ0) is 9.26. The molecule has 0 saturated carbocycles. The Morgan fingerprint density at radius 3 is 2.85 bits per heavy atom. The molecule has 0 atom stereocenters. The Labute approximate surface area is 76.5 Å². The maximum atomic E-state index is 8.93. The molecule has 62 valence electrons. The van der Waals surface area contributed by atoms with Gasteiger partial charge in [0.15, 0.2) is 0 Å². The number of nitriles is 1. The Morgan fingerprint density at radius 1 is 1.31 bits per heavy atom. The zero-order valence-electron chi connectivity index (χ0n) is 7.28. The standard InChI is InChI=1S/C11H8N2/c1-8-11(6-12)10-5-3-2-4-9(10)7-13-8/h2-5,7H,1H3. The average molecular weight is 168 g/mol. The molecule has 0 aliphatic carbocycles. The molecule has 0 bridgehead atoms. The summed E-state index contributed by atoms with van der Waals surface area (Å²) in [6, 6.07) is 9.96. The van der Waals surface area contributed by atoms with Crippen LogP contribution in [-0.4, -0.2) is 4.98 Å². The van der Waals surface area contributed by atoms with Gasteiger partial charge in [-0.2, -0.15) is 5.26 Å². The van der Waals surface area contributed by atoms with E-state index in [2.05, 4.69) is 11.1 Å². The molecule has 0 spiro atoms. The molecule has 0 unspecified atom stereocenters. The van der Waals surface area contributed by atoms with Crippen molar-refractivity contribution in [3.63, 3.8) is 0 Å². The normalized spacial score (nSPS) is 9.85. The fraction of sp³-hybridized carbons (Fsp3) is 0.0909. The van der Waals surface area contributed by atoms with Crippen LogP contribution in [0.1, 0.15) is 11.3 Å². The van der Waals surface area contributed by atoms with Crippen LogP contribution in [0.4, 0.5) is 0 Å². The van der Waals surface area contributed by atoms with Gasteiger partial charge in [0.2, 0.25) is 0 Å². The highest BCUT2D eigenvalue weighted by atomic mass is 14.7. The summed E-state index contributed by atoms with van der Waals surface area (Å²) in [5.74, 6) is 0. The lowest BCUT2D eigenvalue weighted by atomic mass is 10.1. The van der Waals surface area contributed by atoms with Crippen molar-refractivity contribution in [2.24, 2.45) is 0 Å². The lowest BCUT2D eigenvalue weighted by molar-refractivity contribution is 1.20. The highest BCUT2D eigenvalue weighted by Gasteiger charge is 2.03. The van der Waals surface area contributed by atoms with Gasteiger partial charge in [0, 0.05) is 17.0 Å². The molecule has 0 aliphatic heterocycles. The van der Waals surface area contributed by atoms with Crippen LogP contribution in [0.25, 0.3) is 10.8 Å². The van der Waals surface area contributed by atoms with Gasteiger partial charge in [-0.25, -0.2) is 0 Å². The summed E-state index contributed by atoms with van der Waals surface area (Å²) in [7, 11) is 0. The second kappa shape index (κ2) is 2.87. The summed E-state index contributed by atoms with van der Waals surface area (Å²) in [5.41, 5.74) is 1.47. The lowest BCUT2D eigenvalue weighted by Gasteiger charge is -2.01. The zero-order valence-corrected chi connectivity index (χ0v) is 7.28. The van der Waals surface area contributed by atoms with E-state index >= 15 is 0 Å². The highest BCUT2D eigenvalue weighted by Crippen LogP contribution is 2.18. The Balaban J connectivity index is 2.94. The van der Waals surface area contributed by atoms with Gasteiger partial charge < -0.3 is 0 Å². The third kappa shape index (κ3) is 1.15. The van der Waals surface area contributed by atoms with Gasteiger partial charge in [-0.1, -0.05) is 24.3 Å². The van der Waals surface area contributed by atoms with Crippen LogP contribution in [0, 0.1) is 18.3 Å². The van der Waals surface area contributed by atoms with Crippen LogP contribution < -0.4 is 0 Å². The Bertz CT molecular complexity index is 495. The summed E-state index contributed by atoms with van der Waals surface area (Å²) in [6.45, 7) is 1.85. The second-order valence-corrected chi connectivity index (χ2v) is 2.92. The SMILES string of the molecule is Cc1ncc2ccccc2c1C#N. The number of hydrogen-bond acceptors (Lipinski definition) is 2. The molecule has 0 N–H and O–H groups in total. The predicted octanol–water partition coefficient (Wildman–Crippen LogP) is 2.41. The van der Waals surface area contributed by atoms with Gasteiger partial charge in [-0.05, 0) is 6.92 Å². The van der Waals surface area contributed by atoms with Gasteiger partial charge in [-0.3, -0.25) is 4.98 Å². The largest absolute Gasteiger partial charge is 0.260 e. The van der Waals surface area contributed by atoms with E-state index in [9.17, 15) is 0 Å². The maximum absolute atomic E-state index is 8.93. The van der Waals surface area contributed by atoms with Gasteiger partial charge in [0.25, 0.3) is 0 Å². The van der Waals surface area contributed by atoms with E-state index in [1.54, 1.807) is 6.20 Å². The second-order valence-electron chi connectivity index (χ2n) is 2.92. The molecule has 2 rings (SSSR count). The molecule has 0 fully saturated rings. The molecule has 0 amide bonds. The first kappa shape index (κ1) is 7.75. The van der Waals surface area contributed by atoms with Crippen LogP contribution in [0.15, 0.2) is 30.5 Å². The number of pyridine rings is 1. The average Bonchev–Trinajstić information content (AvgIpc) is 2.18. The smallest absolute Gasteiger partial charge is 0.102 e. The van der Waals surface area contributed by atoms with E-state index < -0.39 is 0 Å². The predicted molar refractivity (Wildman–Crippen MR) is 51.2 cm³/mol. The maximum Gasteiger partial charge on any atom is 0.102 e. The number of aryl methyl sites for hydroxylation is 1. The van der Waals surface area contributed by atoms with E-state index in [1.165, 1.54) is 0 Å². The first-order valence-electron chi connectivity index (χ1n) is 4.07. The molecule has 2 heteroatoms. The third-order valence-corrected chi connectivity index (χ3v) is 2.10. The summed E-state index contributed by atoms with van der Waals surface area (Å²) in [5, 5.41) is 10.9. The van der Waals surface area contributed by atoms with Gasteiger partial charge in [0.05, 0.1) is 11.3 Å². The van der Waals surface area contributed by atoms with E-state index in [0.29, 0.717) is 5.56 Å². The van der Waals surface area contributed by atoms with Crippen molar-refractivity contribution in [1.82, 2.24) is 4.98 Å². The van der Waals surface area contributed by atoms with Crippen LogP contribution in [0.2, 0.25) is 0 Å². The van der Waals surface area contributed by atoms with Crippen molar-refractivity contribution in [3.8, 4) is 6.07 Å².